The third kappa shape index (κ3) is 3.94. The zero-order valence-corrected chi connectivity index (χ0v) is 19.7. The second-order valence-electron chi connectivity index (χ2n) is 8.52. The highest BCUT2D eigenvalue weighted by Crippen LogP contribution is 2.47. The molecule has 0 saturated heterocycles. The Morgan fingerprint density at radius 1 is 0.972 bits per heavy atom. The Kier molecular flexibility index (Phi) is 5.85. The van der Waals surface area contributed by atoms with Gasteiger partial charge < -0.3 is 19.5 Å². The molecule has 2 heterocycles. The molecule has 0 unspecified atom stereocenters. The van der Waals surface area contributed by atoms with E-state index in [0.29, 0.717) is 40.5 Å². The van der Waals surface area contributed by atoms with E-state index >= 15 is 0 Å². The average molecular weight is 500 g/mol. The van der Waals surface area contributed by atoms with Crippen molar-refractivity contribution in [3.8, 4) is 17.2 Å². The molecule has 0 saturated carbocycles. The van der Waals surface area contributed by atoms with Gasteiger partial charge in [0.1, 0.15) is 6.04 Å². The number of hydrogen-bond donors (Lipinski definition) is 1. The van der Waals surface area contributed by atoms with Crippen LogP contribution < -0.4 is 19.5 Å². The number of carbonyl (C=O) groups is 1. The molecule has 2 aromatic carbocycles. The Balaban J connectivity index is 1.60. The van der Waals surface area contributed by atoms with Crippen molar-refractivity contribution in [2.24, 2.45) is 0 Å². The number of halogens is 3. The van der Waals surface area contributed by atoms with Crippen LogP contribution in [-0.2, 0) is 11.0 Å². The van der Waals surface area contributed by atoms with Crippen molar-refractivity contribution < 1.29 is 32.2 Å². The zero-order chi connectivity index (χ0) is 25.6. The number of anilines is 1. The number of ketones is 1. The van der Waals surface area contributed by atoms with Gasteiger partial charge in [0.2, 0.25) is 11.7 Å². The van der Waals surface area contributed by atoms with Crippen LogP contribution in [0.1, 0.15) is 41.8 Å². The highest BCUT2D eigenvalue weighted by atomic mass is 19.4. The third-order valence-electron chi connectivity index (χ3n) is 6.45. The first-order chi connectivity index (χ1) is 17.2. The van der Waals surface area contributed by atoms with Crippen molar-refractivity contribution in [3.05, 3.63) is 70.7 Å². The number of methoxy groups -OCH3 is 3. The number of nitrogens with zero attached hydrogens (tertiary/aromatic N) is 3. The molecule has 2 aliphatic rings. The number of carbonyl (C=O) groups excluding carboxylic acids is 1. The Labute approximate surface area is 204 Å². The summed E-state index contributed by atoms with van der Waals surface area (Å²) in [4.78, 5) is 17.3. The lowest BCUT2D eigenvalue weighted by molar-refractivity contribution is -0.145. The van der Waals surface area contributed by atoms with Crippen molar-refractivity contribution in [3.63, 3.8) is 0 Å². The number of nitrogens with one attached hydrogen (secondary N) is 1. The van der Waals surface area contributed by atoms with E-state index in [0.717, 1.165) is 10.2 Å². The molecule has 0 radical (unpaired) electrons. The van der Waals surface area contributed by atoms with Gasteiger partial charge in [0.05, 0.1) is 21.3 Å². The number of benzene rings is 2. The van der Waals surface area contributed by atoms with Crippen LogP contribution in [0.25, 0.3) is 0 Å². The van der Waals surface area contributed by atoms with Gasteiger partial charge in [0, 0.05) is 17.7 Å². The lowest BCUT2D eigenvalue weighted by atomic mass is 9.78. The molecule has 188 valence electrons. The van der Waals surface area contributed by atoms with Gasteiger partial charge in [-0.15, -0.1) is 5.10 Å². The molecule has 5 rings (SSSR count). The normalized spacial score (nSPS) is 19.3. The fraction of sp³-hybridized carbons (Fsp3) is 0.320. The molecular formula is C25H23F3N4O4. The van der Waals surface area contributed by atoms with Gasteiger partial charge in [-0.25, -0.2) is 4.68 Å². The number of allylic oxidation sites excluding steroid dienone is 2. The summed E-state index contributed by atoms with van der Waals surface area (Å²) in [6, 6.07) is 11.6. The standard InChI is InChI=1S/C25H23F3N4O4/c1-34-18-11-15(12-19(35-2)22(18)36-3)14-9-16-20(17(33)10-14)21(13-7-5-4-6-8-13)32-24(29-16)30-23(31-32)25(26,27)28/h4-8,11-12,14,21H,9-10H2,1-3H3,(H,29,30,31)/t14-,21-/m1/s1. The van der Waals surface area contributed by atoms with E-state index in [2.05, 4.69) is 15.4 Å². The first-order valence-corrected chi connectivity index (χ1v) is 11.2. The predicted molar refractivity (Wildman–Crippen MR) is 123 cm³/mol. The van der Waals surface area contributed by atoms with Gasteiger partial charge in [-0.3, -0.25) is 4.79 Å². The predicted octanol–water partition coefficient (Wildman–Crippen LogP) is 4.74. The highest BCUT2D eigenvalue weighted by molar-refractivity contribution is 6.00. The van der Waals surface area contributed by atoms with Crippen LogP contribution in [-0.4, -0.2) is 41.9 Å². The van der Waals surface area contributed by atoms with Crippen molar-refractivity contribution >= 4 is 11.7 Å². The van der Waals surface area contributed by atoms with E-state index in [-0.39, 0.29) is 24.1 Å². The zero-order valence-electron chi connectivity index (χ0n) is 19.7. The summed E-state index contributed by atoms with van der Waals surface area (Å²) in [5, 5.41) is 6.69. The number of hydrogen-bond acceptors (Lipinski definition) is 7. The SMILES string of the molecule is COc1cc([C@H]2CC(=O)C3=C(C2)Nc2nc(C(F)(F)F)nn2[C@@H]3c2ccccc2)cc(OC)c1OC. The molecule has 36 heavy (non-hydrogen) atoms. The summed E-state index contributed by atoms with van der Waals surface area (Å²) in [7, 11) is 4.51. The van der Waals surface area contributed by atoms with Crippen LogP contribution in [0.3, 0.4) is 0 Å². The highest BCUT2D eigenvalue weighted by Gasteiger charge is 2.43. The van der Waals surface area contributed by atoms with Gasteiger partial charge in [-0.1, -0.05) is 30.3 Å². The minimum Gasteiger partial charge on any atom is -0.493 e. The van der Waals surface area contributed by atoms with Crippen molar-refractivity contribution in [1.29, 1.82) is 0 Å². The molecule has 8 nitrogen and oxygen atoms in total. The summed E-state index contributed by atoms with van der Waals surface area (Å²) in [5.74, 6) is -0.456. The molecule has 1 aromatic heterocycles. The quantitative estimate of drug-likeness (QED) is 0.542. The number of aromatic nitrogens is 3. The van der Waals surface area contributed by atoms with E-state index in [4.69, 9.17) is 14.2 Å². The number of ether oxygens (including phenoxy) is 3. The Morgan fingerprint density at radius 3 is 2.22 bits per heavy atom. The fourth-order valence-electron chi connectivity index (χ4n) is 4.85. The third-order valence-corrected chi connectivity index (χ3v) is 6.45. The monoisotopic (exact) mass is 500 g/mol. The van der Waals surface area contributed by atoms with Gasteiger partial charge in [-0.05, 0) is 35.6 Å². The van der Waals surface area contributed by atoms with E-state index in [1.54, 1.807) is 42.5 Å². The van der Waals surface area contributed by atoms with Gasteiger partial charge >= 0.3 is 6.18 Å². The van der Waals surface area contributed by atoms with E-state index in [1.165, 1.54) is 21.3 Å². The lowest BCUT2D eigenvalue weighted by Crippen LogP contribution is -2.33. The van der Waals surface area contributed by atoms with Crippen LogP contribution in [0.15, 0.2) is 53.7 Å². The van der Waals surface area contributed by atoms with Gasteiger partial charge in [0.15, 0.2) is 17.3 Å². The lowest BCUT2D eigenvalue weighted by Gasteiger charge is -2.35. The Hall–Kier alpha value is -4.02. The fourth-order valence-corrected chi connectivity index (χ4v) is 4.85. The van der Waals surface area contributed by atoms with Crippen LogP contribution >= 0.6 is 0 Å². The summed E-state index contributed by atoms with van der Waals surface area (Å²) < 4.78 is 57.8. The second kappa shape index (κ2) is 8.89. The van der Waals surface area contributed by atoms with Crippen molar-refractivity contribution in [2.45, 2.75) is 31.0 Å². The molecule has 0 spiro atoms. The van der Waals surface area contributed by atoms with Crippen LogP contribution in [0.4, 0.5) is 19.1 Å². The maximum absolute atomic E-state index is 13.6. The molecule has 1 aliphatic heterocycles. The molecule has 0 fully saturated rings. The van der Waals surface area contributed by atoms with E-state index < -0.39 is 18.0 Å². The molecule has 0 amide bonds. The first kappa shape index (κ1) is 23.7. The number of alkyl halides is 3. The second-order valence-corrected chi connectivity index (χ2v) is 8.52. The van der Waals surface area contributed by atoms with E-state index in [1.807, 2.05) is 0 Å². The molecule has 1 N–H and O–H groups in total. The molecule has 3 aromatic rings. The minimum absolute atomic E-state index is 0.0618. The summed E-state index contributed by atoms with van der Waals surface area (Å²) in [6.45, 7) is 0. The van der Waals surface area contributed by atoms with Crippen LogP contribution in [0, 0.1) is 0 Å². The average Bonchev–Trinajstić information content (AvgIpc) is 3.31. The Morgan fingerprint density at radius 2 is 1.64 bits per heavy atom. The topological polar surface area (TPSA) is 87.5 Å². The van der Waals surface area contributed by atoms with E-state index in [9.17, 15) is 18.0 Å². The molecule has 2 atom stereocenters. The summed E-state index contributed by atoms with van der Waals surface area (Å²) >= 11 is 0. The van der Waals surface area contributed by atoms with Crippen LogP contribution in [0.2, 0.25) is 0 Å². The van der Waals surface area contributed by atoms with Crippen molar-refractivity contribution in [2.75, 3.05) is 26.6 Å². The summed E-state index contributed by atoms with van der Waals surface area (Å²) in [5.41, 5.74) is 2.33. The molecular weight excluding hydrogens is 477 g/mol. The molecule has 0 bridgehead atoms. The number of rotatable bonds is 5. The summed E-state index contributed by atoms with van der Waals surface area (Å²) in [6.07, 6.45) is -4.20. The molecule has 11 heteroatoms. The largest absolute Gasteiger partial charge is 0.493 e. The smallest absolute Gasteiger partial charge is 0.453 e. The minimum atomic E-state index is -4.73. The molecule has 1 aliphatic carbocycles. The number of fused-ring (bicyclic) bond motifs is 1. The van der Waals surface area contributed by atoms with Crippen molar-refractivity contribution in [1.82, 2.24) is 14.8 Å². The number of Topliss-reactive ketones (excluding diaryl/α,β-unsaturated/α-hetero) is 1. The maximum atomic E-state index is 13.6. The van der Waals surface area contributed by atoms with Gasteiger partial charge in [-0.2, -0.15) is 18.2 Å². The van der Waals surface area contributed by atoms with Gasteiger partial charge in [0.25, 0.3) is 5.82 Å². The van der Waals surface area contributed by atoms with Crippen LogP contribution in [0.5, 0.6) is 17.2 Å². The maximum Gasteiger partial charge on any atom is 0.453 e. The Bertz CT molecular complexity index is 1330. The first-order valence-electron chi connectivity index (χ1n) is 11.2.